The number of carboxylic acid groups (broad SMARTS) is 1. The number of nitrogens with two attached hydrogens (primary N) is 1. The first-order valence-corrected chi connectivity index (χ1v) is 10.3. The molecule has 1 aromatic rings. The second-order valence-electron chi connectivity index (χ2n) is 7.37. The van der Waals surface area contributed by atoms with E-state index in [0.29, 0.717) is 5.56 Å². The number of carbonyl (C=O) groups is 3. The molecule has 0 radical (unpaired) electrons. The topological polar surface area (TPSA) is 143 Å². The Kier molecular flexibility index (Phi) is 8.75. The van der Waals surface area contributed by atoms with Crippen molar-refractivity contribution in [3.05, 3.63) is 47.5 Å². The zero-order valence-electron chi connectivity index (χ0n) is 18.0. The van der Waals surface area contributed by atoms with Crippen LogP contribution >= 0.6 is 0 Å². The first-order chi connectivity index (χ1) is 14.7. The highest BCUT2D eigenvalue weighted by molar-refractivity contribution is 6.05. The summed E-state index contributed by atoms with van der Waals surface area (Å²) in [5.74, 6) is -2.00. The Balaban J connectivity index is 2.31. The average molecular weight is 431 g/mol. The molecule has 1 aliphatic carbocycles. The number of hydrogen-bond donors (Lipinski definition) is 4. The van der Waals surface area contributed by atoms with Gasteiger partial charge in [0.2, 0.25) is 5.91 Å². The molecule has 0 bridgehead atoms. The fourth-order valence-corrected chi connectivity index (χ4v) is 3.46. The molecule has 0 unspecified atom stereocenters. The van der Waals surface area contributed by atoms with Crippen LogP contribution in [0.1, 0.15) is 50.4 Å². The van der Waals surface area contributed by atoms with Gasteiger partial charge in [0, 0.05) is 24.5 Å². The molecule has 31 heavy (non-hydrogen) atoms. The van der Waals surface area contributed by atoms with Gasteiger partial charge in [-0.1, -0.05) is 32.0 Å². The van der Waals surface area contributed by atoms with Crippen LogP contribution in [0, 0.1) is 0 Å². The summed E-state index contributed by atoms with van der Waals surface area (Å²) < 4.78 is 6.09. The maximum absolute atomic E-state index is 12.3. The van der Waals surface area contributed by atoms with E-state index in [9.17, 15) is 19.5 Å². The van der Waals surface area contributed by atoms with Crippen molar-refractivity contribution in [3.8, 4) is 0 Å². The molecule has 168 valence electrons. The summed E-state index contributed by atoms with van der Waals surface area (Å²) in [5.41, 5.74) is 6.48. The first-order valence-electron chi connectivity index (χ1n) is 10.3. The zero-order chi connectivity index (χ0) is 23.0. The van der Waals surface area contributed by atoms with Crippen LogP contribution in [0.3, 0.4) is 0 Å². The van der Waals surface area contributed by atoms with Gasteiger partial charge in [-0.15, -0.1) is 0 Å². The highest BCUT2D eigenvalue weighted by atomic mass is 16.5. The first kappa shape index (κ1) is 24.1. The van der Waals surface area contributed by atoms with Crippen LogP contribution in [0.5, 0.6) is 0 Å². The van der Waals surface area contributed by atoms with Crippen molar-refractivity contribution < 1.29 is 24.2 Å². The number of rotatable bonds is 8. The lowest BCUT2D eigenvalue weighted by Crippen LogP contribution is -2.54. The van der Waals surface area contributed by atoms with E-state index in [0.717, 1.165) is 12.8 Å². The van der Waals surface area contributed by atoms with Crippen molar-refractivity contribution in [1.82, 2.24) is 10.6 Å². The average Bonchev–Trinajstić information content (AvgIpc) is 2.73. The molecule has 0 saturated carbocycles. The van der Waals surface area contributed by atoms with Crippen molar-refractivity contribution in [2.75, 3.05) is 0 Å². The number of guanidine groups is 1. The lowest BCUT2D eigenvalue weighted by molar-refractivity contribution is -0.133. The molecule has 3 atom stereocenters. The van der Waals surface area contributed by atoms with Crippen LogP contribution < -0.4 is 16.4 Å². The second-order valence-corrected chi connectivity index (χ2v) is 7.37. The van der Waals surface area contributed by atoms with E-state index in [2.05, 4.69) is 15.6 Å². The number of carboxylic acids is 1. The lowest BCUT2D eigenvalue weighted by atomic mass is 9.88. The normalized spacial score (nSPS) is 21.4. The van der Waals surface area contributed by atoms with Gasteiger partial charge < -0.3 is 20.9 Å². The molecule has 0 aromatic heterocycles. The number of benzene rings is 1. The summed E-state index contributed by atoms with van der Waals surface area (Å²) in [5, 5.41) is 14.9. The molecular formula is C22H30N4O5. The highest BCUT2D eigenvalue weighted by Gasteiger charge is 2.37. The smallest absolute Gasteiger partial charge is 0.331 e. The van der Waals surface area contributed by atoms with Gasteiger partial charge in [0.1, 0.15) is 0 Å². The fourth-order valence-electron chi connectivity index (χ4n) is 3.46. The summed E-state index contributed by atoms with van der Waals surface area (Å²) in [6, 6.07) is 7.14. The summed E-state index contributed by atoms with van der Waals surface area (Å²) in [7, 11) is 0. The third-order valence-electron chi connectivity index (χ3n) is 5.05. The van der Waals surface area contributed by atoms with Crippen LogP contribution in [0.4, 0.5) is 0 Å². The number of aliphatic carboxylic acids is 1. The number of carbonyl (C=O) groups excluding carboxylic acids is 2. The number of nitrogens with one attached hydrogen (secondary N) is 2. The molecule has 0 spiro atoms. The quantitative estimate of drug-likeness (QED) is 0.364. The van der Waals surface area contributed by atoms with Gasteiger partial charge in [-0.3, -0.25) is 14.9 Å². The molecule has 0 saturated heterocycles. The van der Waals surface area contributed by atoms with Crippen LogP contribution in [0.15, 0.2) is 47.0 Å². The molecule has 2 amide bonds. The number of hydrogen-bond acceptors (Lipinski definition) is 5. The summed E-state index contributed by atoms with van der Waals surface area (Å²) in [6.07, 6.45) is 2.22. The third-order valence-corrected chi connectivity index (χ3v) is 5.05. The van der Waals surface area contributed by atoms with Crippen LogP contribution in [-0.2, 0) is 14.3 Å². The van der Waals surface area contributed by atoms with Crippen molar-refractivity contribution in [2.24, 2.45) is 10.7 Å². The van der Waals surface area contributed by atoms with E-state index in [1.165, 1.54) is 13.0 Å². The number of ether oxygens (including phenoxy) is 1. The van der Waals surface area contributed by atoms with Gasteiger partial charge >= 0.3 is 5.97 Å². The van der Waals surface area contributed by atoms with Gasteiger partial charge in [0.25, 0.3) is 5.91 Å². The molecule has 1 aromatic carbocycles. The summed E-state index contributed by atoms with van der Waals surface area (Å²) in [4.78, 5) is 40.2. The molecule has 1 aliphatic rings. The Labute approximate surface area is 181 Å². The van der Waals surface area contributed by atoms with Crippen molar-refractivity contribution in [1.29, 1.82) is 0 Å². The van der Waals surface area contributed by atoms with Gasteiger partial charge in [0.15, 0.2) is 5.96 Å². The number of aliphatic imine (C=N–C) groups is 1. The van der Waals surface area contributed by atoms with E-state index < -0.39 is 30.1 Å². The van der Waals surface area contributed by atoms with E-state index in [1.807, 2.05) is 13.8 Å². The van der Waals surface area contributed by atoms with Gasteiger partial charge in [-0.2, -0.15) is 0 Å². The molecular weight excluding hydrogens is 400 g/mol. The van der Waals surface area contributed by atoms with Crippen LogP contribution in [0.25, 0.3) is 0 Å². The number of amides is 2. The lowest BCUT2D eigenvalue weighted by Gasteiger charge is -2.36. The minimum Gasteiger partial charge on any atom is -0.478 e. The molecule has 0 heterocycles. The highest BCUT2D eigenvalue weighted by Crippen LogP contribution is 2.26. The Hall–Kier alpha value is -3.20. The van der Waals surface area contributed by atoms with Gasteiger partial charge in [-0.05, 0) is 31.1 Å². The van der Waals surface area contributed by atoms with Crippen molar-refractivity contribution in [3.63, 3.8) is 0 Å². The fraction of sp³-hybridized carbons (Fsp3) is 0.455. The standard InChI is InChI=1S/C22H30N4O5/c1-4-16(5-2)31-18-12-15(21(29)30)11-17(19(18)24-13(3)27)25-22(23)26-20(28)14-9-7-6-8-10-14/h6-10,12,16-19H,4-5,11H2,1-3H3,(H,24,27)(H,29,30)(H3,23,25,26,28)/t17-,18+,19+/m0/s1. The van der Waals surface area contributed by atoms with Gasteiger partial charge in [-0.25, -0.2) is 9.79 Å². The maximum atomic E-state index is 12.3. The summed E-state index contributed by atoms with van der Waals surface area (Å²) >= 11 is 0. The Bertz CT molecular complexity index is 849. The minimum atomic E-state index is -1.09. The van der Waals surface area contributed by atoms with Gasteiger partial charge in [0.05, 0.1) is 24.3 Å². The summed E-state index contributed by atoms with van der Waals surface area (Å²) in [6.45, 7) is 5.31. The van der Waals surface area contributed by atoms with Crippen molar-refractivity contribution >= 4 is 23.7 Å². The molecule has 0 fully saturated rings. The Morgan fingerprint density at radius 1 is 1.23 bits per heavy atom. The number of nitrogens with zero attached hydrogens (tertiary/aromatic N) is 1. The van der Waals surface area contributed by atoms with E-state index in [-0.39, 0.29) is 30.0 Å². The Morgan fingerprint density at radius 3 is 2.42 bits per heavy atom. The molecule has 2 rings (SSSR count). The minimum absolute atomic E-state index is 0.0327. The zero-order valence-corrected chi connectivity index (χ0v) is 18.0. The van der Waals surface area contributed by atoms with Crippen LogP contribution in [-0.4, -0.2) is 53.1 Å². The van der Waals surface area contributed by atoms with E-state index in [4.69, 9.17) is 10.5 Å². The van der Waals surface area contributed by atoms with E-state index >= 15 is 0 Å². The monoisotopic (exact) mass is 430 g/mol. The SMILES string of the molecule is CCC(CC)O[C@@H]1C=C(C(=O)O)C[C@H](N=C(N)NC(=O)c2ccccc2)[C@H]1NC(C)=O. The van der Waals surface area contributed by atoms with Crippen LogP contribution in [0.2, 0.25) is 0 Å². The Morgan fingerprint density at radius 2 is 1.87 bits per heavy atom. The molecule has 0 aliphatic heterocycles. The molecule has 5 N–H and O–H groups in total. The molecule has 9 nitrogen and oxygen atoms in total. The predicted molar refractivity (Wildman–Crippen MR) is 117 cm³/mol. The molecule has 9 heteroatoms. The van der Waals surface area contributed by atoms with E-state index in [1.54, 1.807) is 30.3 Å². The maximum Gasteiger partial charge on any atom is 0.331 e. The van der Waals surface area contributed by atoms with Crippen molar-refractivity contribution in [2.45, 2.75) is 64.3 Å². The third kappa shape index (κ3) is 6.92. The second kappa shape index (κ2) is 11.3. The largest absolute Gasteiger partial charge is 0.478 e. The predicted octanol–water partition coefficient (Wildman–Crippen LogP) is 1.59.